The molecule has 11 heteroatoms. The second-order valence-corrected chi connectivity index (χ2v) is 8.67. The maximum absolute atomic E-state index is 12.8. The Labute approximate surface area is 190 Å². The highest BCUT2D eigenvalue weighted by Gasteiger charge is 2.33. The average molecular weight is 470 g/mol. The summed E-state index contributed by atoms with van der Waals surface area (Å²) in [6.45, 7) is 1.25. The summed E-state index contributed by atoms with van der Waals surface area (Å²) in [5.41, 5.74) is -1.87. The van der Waals surface area contributed by atoms with Gasteiger partial charge in [-0.3, -0.25) is 19.7 Å². The van der Waals surface area contributed by atoms with Crippen LogP contribution >= 0.6 is 0 Å². The molecule has 2 aliphatic rings. The molecule has 1 aliphatic carbocycles. The van der Waals surface area contributed by atoms with Gasteiger partial charge in [-0.15, -0.1) is 0 Å². The predicted octanol–water partition coefficient (Wildman–Crippen LogP) is 4.10. The highest BCUT2D eigenvalue weighted by atomic mass is 19.4. The zero-order chi connectivity index (χ0) is 24.0. The predicted molar refractivity (Wildman–Crippen MR) is 116 cm³/mol. The molecule has 0 bridgehead atoms. The molecule has 1 saturated carbocycles. The van der Waals surface area contributed by atoms with Crippen LogP contribution in [0.4, 0.5) is 24.5 Å². The first-order chi connectivity index (χ1) is 15.6. The largest absolute Gasteiger partial charge is 0.416 e. The summed E-state index contributed by atoms with van der Waals surface area (Å²) < 4.78 is 38.4. The molecule has 1 aromatic carbocycles. The number of likely N-dealkylation sites (tertiary alicyclic amines) is 1. The lowest BCUT2D eigenvalue weighted by molar-refractivity contribution is -0.384. The van der Waals surface area contributed by atoms with E-state index >= 15 is 0 Å². The summed E-state index contributed by atoms with van der Waals surface area (Å²) in [5, 5.41) is 16.7. The van der Waals surface area contributed by atoms with Gasteiger partial charge in [0.15, 0.2) is 0 Å². The number of hydrogen-bond acceptors (Lipinski definition) is 5. The topological polar surface area (TPSA) is 105 Å². The molecular weight excluding hydrogens is 441 g/mol. The fourth-order valence-corrected chi connectivity index (χ4v) is 4.47. The molecule has 0 unspecified atom stereocenters. The molecule has 2 fully saturated rings. The Morgan fingerprint density at radius 1 is 1.09 bits per heavy atom. The van der Waals surface area contributed by atoms with Crippen molar-refractivity contribution < 1.29 is 27.7 Å². The van der Waals surface area contributed by atoms with Gasteiger partial charge in [0.05, 0.1) is 10.5 Å². The van der Waals surface area contributed by atoms with Crippen molar-refractivity contribution >= 4 is 23.2 Å². The molecule has 1 aliphatic heterocycles. The van der Waals surface area contributed by atoms with Crippen LogP contribution in [0.2, 0.25) is 0 Å². The van der Waals surface area contributed by atoms with E-state index in [9.17, 15) is 32.9 Å². The second-order valence-electron chi connectivity index (χ2n) is 8.67. The fourth-order valence-electron chi connectivity index (χ4n) is 4.47. The molecule has 1 saturated heterocycles. The smallest absolute Gasteiger partial charge is 0.379 e. The van der Waals surface area contributed by atoms with Gasteiger partial charge in [-0.05, 0) is 37.8 Å². The van der Waals surface area contributed by atoms with Crippen LogP contribution < -0.4 is 10.6 Å². The summed E-state index contributed by atoms with van der Waals surface area (Å²) in [5.74, 6) is 0.0983. The van der Waals surface area contributed by atoms with E-state index in [1.54, 1.807) is 0 Å². The van der Waals surface area contributed by atoms with Crippen molar-refractivity contribution in [2.24, 2.45) is 5.92 Å². The van der Waals surface area contributed by atoms with Gasteiger partial charge in [-0.2, -0.15) is 13.2 Å². The molecule has 8 nitrogen and oxygen atoms in total. The molecule has 0 atom stereocenters. The van der Waals surface area contributed by atoms with Crippen molar-refractivity contribution in [2.45, 2.75) is 63.6 Å². The van der Waals surface area contributed by atoms with Gasteiger partial charge in [0.1, 0.15) is 5.69 Å². The zero-order valence-corrected chi connectivity index (χ0v) is 18.3. The van der Waals surface area contributed by atoms with Crippen molar-refractivity contribution in [3.05, 3.63) is 33.9 Å². The van der Waals surface area contributed by atoms with Crippen LogP contribution in [0, 0.1) is 16.0 Å². The van der Waals surface area contributed by atoms with Gasteiger partial charge in [0.25, 0.3) is 5.69 Å². The van der Waals surface area contributed by atoms with Crippen molar-refractivity contribution in [3.63, 3.8) is 0 Å². The number of alkyl halides is 3. The molecule has 0 aromatic heterocycles. The van der Waals surface area contributed by atoms with Crippen LogP contribution in [0.3, 0.4) is 0 Å². The van der Waals surface area contributed by atoms with E-state index in [4.69, 9.17) is 0 Å². The third-order valence-corrected chi connectivity index (χ3v) is 6.32. The number of hydrogen-bond donors (Lipinski definition) is 2. The van der Waals surface area contributed by atoms with Gasteiger partial charge in [0.2, 0.25) is 11.8 Å². The van der Waals surface area contributed by atoms with E-state index in [1.807, 2.05) is 4.90 Å². The average Bonchev–Trinajstić information content (AvgIpc) is 2.79. The van der Waals surface area contributed by atoms with E-state index in [0.29, 0.717) is 32.0 Å². The van der Waals surface area contributed by atoms with E-state index in [2.05, 4.69) is 10.6 Å². The monoisotopic (exact) mass is 470 g/mol. The Morgan fingerprint density at radius 3 is 2.36 bits per heavy atom. The number of carbonyl (C=O) groups is 2. The van der Waals surface area contributed by atoms with Crippen molar-refractivity contribution in [1.82, 2.24) is 10.2 Å². The molecule has 1 heterocycles. The number of rotatable bonds is 7. The molecule has 2 amide bonds. The van der Waals surface area contributed by atoms with Gasteiger partial charge in [-0.25, -0.2) is 0 Å². The first kappa shape index (κ1) is 24.8. The number of carbonyl (C=O) groups excluding carboxylic acids is 2. The number of piperidine rings is 1. The molecule has 0 spiro atoms. The lowest BCUT2D eigenvalue weighted by Gasteiger charge is -2.35. The summed E-state index contributed by atoms with van der Waals surface area (Å²) in [7, 11) is 0. The normalized spacial score (nSPS) is 18.1. The third kappa shape index (κ3) is 6.82. The number of nitrogens with one attached hydrogen (secondary N) is 2. The number of nitro groups is 1. The van der Waals surface area contributed by atoms with Crippen LogP contribution in [0.15, 0.2) is 18.2 Å². The van der Waals surface area contributed by atoms with Crippen LogP contribution in [0.5, 0.6) is 0 Å². The number of benzene rings is 1. The van der Waals surface area contributed by atoms with Gasteiger partial charge in [-0.1, -0.05) is 19.3 Å². The maximum atomic E-state index is 12.8. The van der Waals surface area contributed by atoms with E-state index < -0.39 is 22.4 Å². The zero-order valence-electron chi connectivity index (χ0n) is 18.3. The van der Waals surface area contributed by atoms with Gasteiger partial charge >= 0.3 is 6.18 Å². The first-order valence-electron chi connectivity index (χ1n) is 11.3. The Kier molecular flexibility index (Phi) is 8.15. The number of nitro benzene ring substituents is 1. The van der Waals surface area contributed by atoms with Crippen molar-refractivity contribution in [3.8, 4) is 0 Å². The van der Waals surface area contributed by atoms with E-state index in [1.165, 1.54) is 6.42 Å². The highest BCUT2D eigenvalue weighted by molar-refractivity contribution is 5.79. The van der Waals surface area contributed by atoms with E-state index in [-0.39, 0.29) is 42.4 Å². The molecule has 2 N–H and O–H groups in total. The quantitative estimate of drug-likeness (QED) is 0.461. The molecular formula is C22H29F3N4O4. The summed E-state index contributed by atoms with van der Waals surface area (Å²) in [6, 6.07) is 2.19. The minimum atomic E-state index is -4.68. The molecule has 33 heavy (non-hydrogen) atoms. The van der Waals surface area contributed by atoms with Crippen LogP contribution in [0.25, 0.3) is 0 Å². The Bertz CT molecular complexity index is 864. The Balaban J connectivity index is 1.42. The number of halogens is 3. The Hall–Kier alpha value is -2.85. The first-order valence-corrected chi connectivity index (χ1v) is 11.3. The van der Waals surface area contributed by atoms with Crippen LogP contribution in [0.1, 0.15) is 56.9 Å². The van der Waals surface area contributed by atoms with Gasteiger partial charge in [0, 0.05) is 44.1 Å². The highest BCUT2D eigenvalue weighted by Crippen LogP contribution is 2.35. The minimum Gasteiger partial charge on any atom is -0.379 e. The Morgan fingerprint density at radius 2 is 1.76 bits per heavy atom. The maximum Gasteiger partial charge on any atom is 0.416 e. The fraction of sp³-hybridized carbons (Fsp3) is 0.636. The SMILES string of the molecule is O=C(CCNc1ccc(C(F)(F)F)cc1[N+](=O)[O-])NC1CCN(C(=O)C2CCCCC2)CC1. The van der Waals surface area contributed by atoms with Crippen molar-refractivity contribution in [2.75, 3.05) is 25.0 Å². The lowest BCUT2D eigenvalue weighted by atomic mass is 9.87. The summed E-state index contributed by atoms with van der Waals surface area (Å²) in [4.78, 5) is 37.0. The second kappa shape index (κ2) is 10.8. The molecule has 3 rings (SSSR count). The minimum absolute atomic E-state index is 0.0133. The van der Waals surface area contributed by atoms with E-state index in [0.717, 1.165) is 37.8 Å². The van der Waals surface area contributed by atoms with Crippen molar-refractivity contribution in [1.29, 1.82) is 0 Å². The summed E-state index contributed by atoms with van der Waals surface area (Å²) in [6.07, 6.45) is 1.99. The molecule has 182 valence electrons. The lowest BCUT2D eigenvalue weighted by Crippen LogP contribution is -2.48. The molecule has 1 aromatic rings. The number of amides is 2. The summed E-state index contributed by atoms with van der Waals surface area (Å²) >= 11 is 0. The standard InChI is InChI=1S/C22H29F3N4O4/c23-22(24,25)16-6-7-18(19(14-16)29(32)33)26-11-8-20(30)27-17-9-12-28(13-10-17)21(31)15-4-2-1-3-5-15/h6-7,14-15,17,26H,1-5,8-13H2,(H,27,30). The number of anilines is 1. The number of nitrogens with zero attached hydrogens (tertiary/aromatic N) is 2. The van der Waals surface area contributed by atoms with Crippen LogP contribution in [-0.4, -0.2) is 47.3 Å². The third-order valence-electron chi connectivity index (χ3n) is 6.32. The van der Waals surface area contributed by atoms with Gasteiger partial charge < -0.3 is 15.5 Å². The van der Waals surface area contributed by atoms with Crippen LogP contribution in [-0.2, 0) is 15.8 Å². The molecule has 0 radical (unpaired) electrons.